The molecule has 0 unspecified atom stereocenters. The van der Waals surface area contributed by atoms with Gasteiger partial charge < -0.3 is 22.9 Å². The van der Waals surface area contributed by atoms with E-state index in [1.54, 1.807) is 0 Å². The Morgan fingerprint density at radius 3 is 1.89 bits per heavy atom. The Hall–Kier alpha value is -2.41. The van der Waals surface area contributed by atoms with Crippen molar-refractivity contribution in [2.24, 2.45) is 0 Å². The number of anilines is 4. The summed E-state index contributed by atoms with van der Waals surface area (Å²) in [5.41, 5.74) is 23.2. The summed E-state index contributed by atoms with van der Waals surface area (Å²) in [7, 11) is -3.74. The van der Waals surface area contributed by atoms with Gasteiger partial charge in [0.05, 0.1) is 26.9 Å². The van der Waals surface area contributed by atoms with Crippen LogP contribution in [0.2, 0.25) is 0 Å². The standard InChI is InChI=1S/C12H14N4O2S/c13-7-1-3-8(4-2-7)19(17,18)10-6-5-9(14)11(15)12(10)16/h1-6H,13-16H2. The van der Waals surface area contributed by atoms with Crippen molar-refractivity contribution in [3.8, 4) is 0 Å². The summed E-state index contributed by atoms with van der Waals surface area (Å²) in [5.74, 6) is 0. The Morgan fingerprint density at radius 2 is 1.32 bits per heavy atom. The van der Waals surface area contributed by atoms with E-state index in [0.29, 0.717) is 5.69 Å². The SMILES string of the molecule is Nc1ccc(S(=O)(=O)c2ccc(N)c(N)c2N)cc1. The summed E-state index contributed by atoms with van der Waals surface area (Å²) in [4.78, 5) is 0.0292. The Labute approximate surface area is 110 Å². The van der Waals surface area contributed by atoms with E-state index in [0.717, 1.165) is 0 Å². The monoisotopic (exact) mass is 278 g/mol. The zero-order valence-corrected chi connectivity index (χ0v) is 10.8. The average Bonchev–Trinajstić information content (AvgIpc) is 2.36. The van der Waals surface area contributed by atoms with E-state index in [2.05, 4.69) is 0 Å². The first-order valence-electron chi connectivity index (χ1n) is 5.38. The second-order valence-electron chi connectivity index (χ2n) is 4.05. The average molecular weight is 278 g/mol. The number of hydrogen-bond donors (Lipinski definition) is 4. The van der Waals surface area contributed by atoms with Gasteiger partial charge in [-0.25, -0.2) is 8.42 Å². The van der Waals surface area contributed by atoms with Crippen LogP contribution in [0.1, 0.15) is 0 Å². The Bertz CT molecular complexity index is 724. The molecule has 0 fully saturated rings. The van der Waals surface area contributed by atoms with Crippen LogP contribution in [0.15, 0.2) is 46.2 Å². The minimum Gasteiger partial charge on any atom is -0.399 e. The van der Waals surface area contributed by atoms with E-state index < -0.39 is 9.84 Å². The van der Waals surface area contributed by atoms with Gasteiger partial charge in [-0.05, 0) is 36.4 Å². The molecule has 19 heavy (non-hydrogen) atoms. The highest BCUT2D eigenvalue weighted by atomic mass is 32.2. The van der Waals surface area contributed by atoms with Crippen LogP contribution in [0, 0.1) is 0 Å². The molecule has 0 bridgehead atoms. The maximum absolute atomic E-state index is 12.4. The molecule has 8 N–H and O–H groups in total. The second-order valence-corrected chi connectivity index (χ2v) is 5.97. The summed E-state index contributed by atoms with van der Waals surface area (Å²) in [6.45, 7) is 0. The van der Waals surface area contributed by atoms with Crippen LogP contribution in [0.4, 0.5) is 22.7 Å². The maximum Gasteiger partial charge on any atom is 0.208 e. The third kappa shape index (κ3) is 2.15. The molecule has 0 amide bonds. The highest BCUT2D eigenvalue weighted by Crippen LogP contribution is 2.33. The molecule has 0 heterocycles. The highest BCUT2D eigenvalue weighted by molar-refractivity contribution is 7.91. The van der Waals surface area contributed by atoms with Crippen molar-refractivity contribution in [1.82, 2.24) is 0 Å². The first kappa shape index (κ1) is 13.0. The minimum atomic E-state index is -3.74. The predicted molar refractivity (Wildman–Crippen MR) is 76.0 cm³/mol. The van der Waals surface area contributed by atoms with Gasteiger partial charge in [-0.1, -0.05) is 0 Å². The zero-order valence-electron chi connectivity index (χ0n) is 10.00. The van der Waals surface area contributed by atoms with Gasteiger partial charge in [-0.2, -0.15) is 0 Å². The van der Waals surface area contributed by atoms with Crippen molar-refractivity contribution in [3.05, 3.63) is 36.4 Å². The van der Waals surface area contributed by atoms with Crippen LogP contribution in [0.5, 0.6) is 0 Å². The first-order chi connectivity index (χ1) is 8.84. The van der Waals surface area contributed by atoms with E-state index in [1.807, 2.05) is 0 Å². The number of benzene rings is 2. The normalized spacial score (nSPS) is 11.4. The van der Waals surface area contributed by atoms with Gasteiger partial charge in [0.25, 0.3) is 0 Å². The number of nitrogens with two attached hydrogens (primary N) is 4. The van der Waals surface area contributed by atoms with Gasteiger partial charge in [0, 0.05) is 5.69 Å². The highest BCUT2D eigenvalue weighted by Gasteiger charge is 2.22. The summed E-state index contributed by atoms with van der Waals surface area (Å²) in [5, 5.41) is 0. The summed E-state index contributed by atoms with van der Waals surface area (Å²) in [6.07, 6.45) is 0. The van der Waals surface area contributed by atoms with Crippen molar-refractivity contribution in [2.45, 2.75) is 9.79 Å². The number of hydrogen-bond acceptors (Lipinski definition) is 6. The molecule has 6 nitrogen and oxygen atoms in total. The molecule has 2 aromatic rings. The van der Waals surface area contributed by atoms with Gasteiger partial charge in [0.1, 0.15) is 0 Å². The van der Waals surface area contributed by atoms with E-state index >= 15 is 0 Å². The third-order valence-electron chi connectivity index (χ3n) is 2.76. The van der Waals surface area contributed by atoms with E-state index in [9.17, 15) is 8.42 Å². The third-order valence-corrected chi connectivity index (χ3v) is 4.59. The van der Waals surface area contributed by atoms with Crippen molar-refractivity contribution < 1.29 is 8.42 Å². The molecule has 100 valence electrons. The fourth-order valence-electron chi connectivity index (χ4n) is 1.64. The summed E-state index contributed by atoms with van der Waals surface area (Å²) in [6, 6.07) is 8.59. The molecule has 2 aromatic carbocycles. The van der Waals surface area contributed by atoms with Crippen molar-refractivity contribution in [2.75, 3.05) is 22.9 Å². The largest absolute Gasteiger partial charge is 0.399 e. The molecule has 0 aromatic heterocycles. The van der Waals surface area contributed by atoms with Crippen LogP contribution in [0.25, 0.3) is 0 Å². The van der Waals surface area contributed by atoms with Crippen molar-refractivity contribution >= 4 is 32.6 Å². The van der Waals surface area contributed by atoms with Gasteiger partial charge >= 0.3 is 0 Å². The van der Waals surface area contributed by atoms with Gasteiger partial charge in [-0.15, -0.1) is 0 Å². The topological polar surface area (TPSA) is 138 Å². The van der Waals surface area contributed by atoms with Crippen LogP contribution in [-0.2, 0) is 9.84 Å². The lowest BCUT2D eigenvalue weighted by atomic mass is 10.2. The predicted octanol–water partition coefficient (Wildman–Crippen LogP) is 0.848. The smallest absolute Gasteiger partial charge is 0.208 e. The minimum absolute atomic E-state index is 0.0446. The molecule has 0 atom stereocenters. The molecule has 7 heteroatoms. The number of rotatable bonds is 2. The van der Waals surface area contributed by atoms with Crippen LogP contribution < -0.4 is 22.9 Å². The molecule has 0 radical (unpaired) electrons. The van der Waals surface area contributed by atoms with Crippen molar-refractivity contribution in [3.63, 3.8) is 0 Å². The number of nitrogen functional groups attached to an aromatic ring is 4. The molecule has 0 aliphatic heterocycles. The Morgan fingerprint density at radius 1 is 0.737 bits per heavy atom. The molecule has 0 saturated carbocycles. The first-order valence-corrected chi connectivity index (χ1v) is 6.86. The molecule has 0 aliphatic rings. The fourth-order valence-corrected chi connectivity index (χ4v) is 3.04. The number of sulfone groups is 1. The van der Waals surface area contributed by atoms with E-state index in [-0.39, 0.29) is 26.9 Å². The molecule has 2 rings (SSSR count). The summed E-state index contributed by atoms with van der Waals surface area (Å²) >= 11 is 0. The van der Waals surface area contributed by atoms with E-state index in [4.69, 9.17) is 22.9 Å². The fraction of sp³-hybridized carbons (Fsp3) is 0. The van der Waals surface area contributed by atoms with Gasteiger partial charge in [0.2, 0.25) is 9.84 Å². The Kier molecular flexibility index (Phi) is 2.99. The van der Waals surface area contributed by atoms with Crippen LogP contribution in [0.3, 0.4) is 0 Å². The quantitative estimate of drug-likeness (QED) is 0.601. The lowest BCUT2D eigenvalue weighted by Gasteiger charge is -2.11. The van der Waals surface area contributed by atoms with Gasteiger partial charge in [0.15, 0.2) is 0 Å². The molecule has 0 saturated heterocycles. The van der Waals surface area contributed by atoms with Crippen LogP contribution >= 0.6 is 0 Å². The molecular formula is C12H14N4O2S. The maximum atomic E-state index is 12.4. The Balaban J connectivity index is 2.64. The van der Waals surface area contributed by atoms with Gasteiger partial charge in [-0.3, -0.25) is 0 Å². The summed E-state index contributed by atoms with van der Waals surface area (Å²) < 4.78 is 24.8. The van der Waals surface area contributed by atoms with E-state index in [1.165, 1.54) is 36.4 Å². The van der Waals surface area contributed by atoms with Crippen LogP contribution in [-0.4, -0.2) is 8.42 Å². The molecule has 0 spiro atoms. The second kappa shape index (κ2) is 4.36. The molecule has 0 aliphatic carbocycles. The van der Waals surface area contributed by atoms with Crippen molar-refractivity contribution in [1.29, 1.82) is 0 Å². The zero-order chi connectivity index (χ0) is 14.2. The lowest BCUT2D eigenvalue weighted by molar-refractivity contribution is 0.596. The lowest BCUT2D eigenvalue weighted by Crippen LogP contribution is -2.09. The molecular weight excluding hydrogens is 264 g/mol.